The Balaban J connectivity index is 1.93. The molecular formula is C15H15BrN2O. The molecular weight excluding hydrogens is 304 g/mol. The number of hydrogen-bond acceptors (Lipinski definition) is 2. The quantitative estimate of drug-likeness (QED) is 0.940. The second-order valence-corrected chi connectivity index (χ2v) is 5.29. The van der Waals surface area contributed by atoms with Crippen LogP contribution in [-0.4, -0.2) is 10.9 Å². The van der Waals surface area contributed by atoms with Crippen molar-refractivity contribution in [2.45, 2.75) is 19.4 Å². The van der Waals surface area contributed by atoms with Crippen LogP contribution in [0.25, 0.3) is 0 Å². The van der Waals surface area contributed by atoms with Gasteiger partial charge in [0.25, 0.3) is 0 Å². The highest BCUT2D eigenvalue weighted by Gasteiger charge is 2.09. The molecule has 1 heterocycles. The van der Waals surface area contributed by atoms with Crippen molar-refractivity contribution >= 4 is 21.8 Å². The number of carbonyl (C=O) groups excluding carboxylic acids is 1. The van der Waals surface area contributed by atoms with E-state index in [0.717, 1.165) is 15.6 Å². The van der Waals surface area contributed by atoms with Crippen molar-refractivity contribution in [3.05, 3.63) is 64.4 Å². The van der Waals surface area contributed by atoms with Crippen LogP contribution in [-0.2, 0) is 11.2 Å². The van der Waals surface area contributed by atoms with E-state index in [0.29, 0.717) is 6.42 Å². The minimum Gasteiger partial charge on any atom is -0.349 e. The average molecular weight is 319 g/mol. The van der Waals surface area contributed by atoms with Crippen LogP contribution >= 0.6 is 15.9 Å². The van der Waals surface area contributed by atoms with Gasteiger partial charge in [0.1, 0.15) is 0 Å². The third-order valence-corrected chi connectivity index (χ3v) is 3.39. The zero-order valence-corrected chi connectivity index (χ0v) is 12.2. The smallest absolute Gasteiger partial charge is 0.224 e. The molecule has 4 heteroatoms. The van der Waals surface area contributed by atoms with E-state index in [4.69, 9.17) is 0 Å². The van der Waals surface area contributed by atoms with Gasteiger partial charge in [-0.05, 0) is 42.3 Å². The molecule has 0 saturated heterocycles. The Morgan fingerprint density at radius 2 is 1.84 bits per heavy atom. The Bertz CT molecular complexity index is 540. The summed E-state index contributed by atoms with van der Waals surface area (Å²) in [6, 6.07) is 11.6. The van der Waals surface area contributed by atoms with Crippen molar-refractivity contribution in [2.75, 3.05) is 0 Å². The van der Waals surface area contributed by atoms with Crippen molar-refractivity contribution in [2.24, 2.45) is 0 Å². The van der Waals surface area contributed by atoms with Crippen LogP contribution in [0.3, 0.4) is 0 Å². The third-order valence-electron chi connectivity index (χ3n) is 2.86. The van der Waals surface area contributed by atoms with Gasteiger partial charge in [-0.2, -0.15) is 0 Å². The first-order valence-corrected chi connectivity index (χ1v) is 6.88. The number of nitrogens with zero attached hydrogens (tertiary/aromatic N) is 1. The van der Waals surface area contributed by atoms with Gasteiger partial charge in [0.2, 0.25) is 5.91 Å². The maximum Gasteiger partial charge on any atom is 0.224 e. The van der Waals surface area contributed by atoms with Crippen LogP contribution in [0.15, 0.2) is 53.3 Å². The molecule has 1 aromatic heterocycles. The summed E-state index contributed by atoms with van der Waals surface area (Å²) in [6.07, 6.45) is 3.85. The largest absolute Gasteiger partial charge is 0.349 e. The molecule has 2 rings (SSSR count). The molecule has 0 fully saturated rings. The van der Waals surface area contributed by atoms with E-state index in [9.17, 15) is 4.79 Å². The van der Waals surface area contributed by atoms with Crippen LogP contribution in [0.1, 0.15) is 24.1 Å². The Hall–Kier alpha value is -1.68. The lowest BCUT2D eigenvalue weighted by molar-refractivity contribution is -0.121. The molecule has 1 N–H and O–H groups in total. The third kappa shape index (κ3) is 4.17. The van der Waals surface area contributed by atoms with E-state index in [1.165, 1.54) is 0 Å². The summed E-state index contributed by atoms with van der Waals surface area (Å²) >= 11 is 3.38. The van der Waals surface area contributed by atoms with Crippen molar-refractivity contribution in [3.63, 3.8) is 0 Å². The first-order chi connectivity index (χ1) is 9.15. The number of amides is 1. The van der Waals surface area contributed by atoms with Crippen LogP contribution in [0, 0.1) is 0 Å². The standard InChI is InChI=1S/C15H15BrN2O/c1-11(13-6-8-17-9-7-13)18-15(19)10-12-2-4-14(16)5-3-12/h2-9,11H,10H2,1H3,(H,18,19)/t11-/m1/s1. The maximum absolute atomic E-state index is 11.9. The number of pyridine rings is 1. The van der Waals surface area contributed by atoms with Crippen LogP contribution < -0.4 is 5.32 Å². The molecule has 0 radical (unpaired) electrons. The monoisotopic (exact) mass is 318 g/mol. The average Bonchev–Trinajstić information content (AvgIpc) is 2.42. The summed E-state index contributed by atoms with van der Waals surface area (Å²) in [5.74, 6) is 0.0200. The minimum atomic E-state index is -0.00838. The first-order valence-electron chi connectivity index (χ1n) is 6.09. The van der Waals surface area contributed by atoms with E-state index in [1.54, 1.807) is 12.4 Å². The summed E-state index contributed by atoms with van der Waals surface area (Å²) in [5.41, 5.74) is 2.06. The number of aromatic nitrogens is 1. The maximum atomic E-state index is 11.9. The summed E-state index contributed by atoms with van der Waals surface area (Å²) in [6.45, 7) is 1.97. The molecule has 0 saturated carbocycles. The summed E-state index contributed by atoms with van der Waals surface area (Å²) < 4.78 is 1.02. The van der Waals surface area contributed by atoms with E-state index in [1.807, 2.05) is 43.3 Å². The van der Waals surface area contributed by atoms with Crippen LogP contribution in [0.5, 0.6) is 0 Å². The van der Waals surface area contributed by atoms with Crippen LogP contribution in [0.2, 0.25) is 0 Å². The number of carbonyl (C=O) groups is 1. The highest BCUT2D eigenvalue weighted by molar-refractivity contribution is 9.10. The molecule has 1 amide bonds. The summed E-state index contributed by atoms with van der Waals surface area (Å²) in [4.78, 5) is 15.9. The fraction of sp³-hybridized carbons (Fsp3) is 0.200. The lowest BCUT2D eigenvalue weighted by atomic mass is 10.1. The second kappa shape index (κ2) is 6.48. The number of benzene rings is 1. The summed E-state index contributed by atoms with van der Waals surface area (Å²) in [5, 5.41) is 2.98. The Morgan fingerprint density at radius 3 is 2.47 bits per heavy atom. The van der Waals surface area contributed by atoms with Gasteiger partial charge in [0.05, 0.1) is 12.5 Å². The molecule has 0 bridgehead atoms. The van der Waals surface area contributed by atoms with Crippen molar-refractivity contribution in [1.29, 1.82) is 0 Å². The molecule has 0 spiro atoms. The van der Waals surface area contributed by atoms with Gasteiger partial charge in [-0.1, -0.05) is 28.1 Å². The molecule has 0 aliphatic rings. The van der Waals surface area contributed by atoms with E-state index >= 15 is 0 Å². The predicted molar refractivity (Wildman–Crippen MR) is 78.6 cm³/mol. The van der Waals surface area contributed by atoms with Crippen molar-refractivity contribution in [1.82, 2.24) is 10.3 Å². The molecule has 0 unspecified atom stereocenters. The Labute approximate surface area is 121 Å². The fourth-order valence-electron chi connectivity index (χ4n) is 1.82. The first kappa shape index (κ1) is 13.7. The van der Waals surface area contributed by atoms with Gasteiger partial charge in [-0.3, -0.25) is 9.78 Å². The molecule has 3 nitrogen and oxygen atoms in total. The molecule has 0 aliphatic heterocycles. The Morgan fingerprint density at radius 1 is 1.21 bits per heavy atom. The number of hydrogen-bond donors (Lipinski definition) is 1. The topological polar surface area (TPSA) is 42.0 Å². The van der Waals surface area contributed by atoms with E-state index < -0.39 is 0 Å². The SMILES string of the molecule is C[C@@H](NC(=O)Cc1ccc(Br)cc1)c1ccncc1. The second-order valence-electron chi connectivity index (χ2n) is 4.37. The zero-order valence-electron chi connectivity index (χ0n) is 10.6. The zero-order chi connectivity index (χ0) is 13.7. The molecule has 19 heavy (non-hydrogen) atoms. The van der Waals surface area contributed by atoms with E-state index in [2.05, 4.69) is 26.2 Å². The van der Waals surface area contributed by atoms with Gasteiger partial charge in [-0.15, -0.1) is 0 Å². The van der Waals surface area contributed by atoms with Crippen LogP contribution in [0.4, 0.5) is 0 Å². The van der Waals surface area contributed by atoms with Gasteiger partial charge >= 0.3 is 0 Å². The molecule has 1 aromatic carbocycles. The minimum absolute atomic E-state index is 0.00838. The molecule has 0 aliphatic carbocycles. The van der Waals surface area contributed by atoms with Gasteiger partial charge in [0, 0.05) is 16.9 Å². The van der Waals surface area contributed by atoms with Gasteiger partial charge in [0.15, 0.2) is 0 Å². The molecule has 1 atom stereocenters. The lowest BCUT2D eigenvalue weighted by Crippen LogP contribution is -2.28. The van der Waals surface area contributed by atoms with E-state index in [-0.39, 0.29) is 11.9 Å². The van der Waals surface area contributed by atoms with Gasteiger partial charge < -0.3 is 5.32 Å². The normalized spacial score (nSPS) is 11.9. The molecule has 2 aromatic rings. The predicted octanol–water partition coefficient (Wildman–Crippen LogP) is 3.26. The molecule has 98 valence electrons. The Kier molecular flexibility index (Phi) is 4.68. The highest BCUT2D eigenvalue weighted by Crippen LogP contribution is 2.13. The van der Waals surface area contributed by atoms with Crippen molar-refractivity contribution < 1.29 is 4.79 Å². The number of rotatable bonds is 4. The number of halogens is 1. The lowest BCUT2D eigenvalue weighted by Gasteiger charge is -2.14. The highest BCUT2D eigenvalue weighted by atomic mass is 79.9. The fourth-order valence-corrected chi connectivity index (χ4v) is 2.08. The number of nitrogens with one attached hydrogen (secondary N) is 1. The summed E-state index contributed by atoms with van der Waals surface area (Å²) in [7, 11) is 0. The van der Waals surface area contributed by atoms with Gasteiger partial charge in [-0.25, -0.2) is 0 Å². The van der Waals surface area contributed by atoms with Crippen molar-refractivity contribution in [3.8, 4) is 0 Å².